The monoisotopic (exact) mass is 410 g/mol. The summed E-state index contributed by atoms with van der Waals surface area (Å²) in [5.41, 5.74) is 6.56. The number of primary amides is 1. The molecule has 0 aliphatic carbocycles. The first-order valence-electron chi connectivity index (χ1n) is 9.64. The number of anilines is 1. The van der Waals surface area contributed by atoms with Gasteiger partial charge >= 0.3 is 0 Å². The molecule has 2 amide bonds. The van der Waals surface area contributed by atoms with Crippen molar-refractivity contribution in [3.8, 4) is 11.8 Å². The summed E-state index contributed by atoms with van der Waals surface area (Å²) in [6.45, 7) is 5.56. The van der Waals surface area contributed by atoms with Crippen molar-refractivity contribution in [3.05, 3.63) is 58.9 Å². The molecule has 0 saturated carbocycles. The minimum atomic E-state index is -0.618. The normalized spacial score (nSPS) is 13.8. The number of amides is 2. The van der Waals surface area contributed by atoms with Gasteiger partial charge < -0.3 is 20.3 Å². The smallest absolute Gasteiger partial charge is 0.257 e. The number of carbonyl (C=O) groups is 2. The molecule has 3 rings (SSSR count). The van der Waals surface area contributed by atoms with E-state index in [2.05, 4.69) is 0 Å². The summed E-state index contributed by atoms with van der Waals surface area (Å²) in [5.74, 6) is -1.03. The minimum Gasteiger partial charge on any atom is -0.490 e. The van der Waals surface area contributed by atoms with E-state index in [4.69, 9.17) is 15.7 Å². The Morgan fingerprint density at radius 3 is 2.40 bits per heavy atom. The third-order valence-electron chi connectivity index (χ3n) is 4.86. The van der Waals surface area contributed by atoms with E-state index in [1.165, 1.54) is 24.3 Å². The van der Waals surface area contributed by atoms with Gasteiger partial charge in [-0.05, 0) is 50.2 Å². The van der Waals surface area contributed by atoms with E-state index < -0.39 is 11.7 Å². The number of nitriles is 1. The van der Waals surface area contributed by atoms with Crippen molar-refractivity contribution in [2.75, 3.05) is 31.1 Å². The molecule has 1 heterocycles. The summed E-state index contributed by atoms with van der Waals surface area (Å²) >= 11 is 0. The molecule has 0 aromatic heterocycles. The summed E-state index contributed by atoms with van der Waals surface area (Å²) in [6.07, 6.45) is -0.140. The van der Waals surface area contributed by atoms with E-state index in [-0.39, 0.29) is 28.7 Å². The maximum atomic E-state index is 13.9. The third-order valence-corrected chi connectivity index (χ3v) is 4.86. The van der Waals surface area contributed by atoms with Crippen molar-refractivity contribution in [2.45, 2.75) is 20.0 Å². The number of benzene rings is 2. The van der Waals surface area contributed by atoms with Crippen molar-refractivity contribution in [2.24, 2.45) is 5.73 Å². The van der Waals surface area contributed by atoms with Crippen LogP contribution in [-0.4, -0.2) is 49.0 Å². The predicted octanol–water partition coefficient (Wildman–Crippen LogP) is 2.55. The number of rotatable bonds is 5. The second kappa shape index (κ2) is 8.82. The number of nitrogens with two attached hydrogens (primary N) is 1. The maximum absolute atomic E-state index is 13.9. The largest absolute Gasteiger partial charge is 0.490 e. The number of hydrogen-bond donors (Lipinski definition) is 1. The maximum Gasteiger partial charge on any atom is 0.257 e. The first kappa shape index (κ1) is 21.1. The van der Waals surface area contributed by atoms with E-state index in [9.17, 15) is 14.0 Å². The molecular formula is C22H23FN4O3. The van der Waals surface area contributed by atoms with E-state index in [1.807, 2.05) is 18.7 Å². The average Bonchev–Trinajstić information content (AvgIpc) is 2.73. The molecular weight excluding hydrogens is 387 g/mol. The Labute approximate surface area is 174 Å². The molecule has 1 fully saturated rings. The van der Waals surface area contributed by atoms with Gasteiger partial charge in [-0.3, -0.25) is 9.59 Å². The average molecular weight is 410 g/mol. The van der Waals surface area contributed by atoms with Gasteiger partial charge in [-0.2, -0.15) is 5.26 Å². The molecule has 0 spiro atoms. The zero-order valence-electron chi connectivity index (χ0n) is 16.9. The molecule has 7 nitrogen and oxygen atoms in total. The number of halogens is 1. The van der Waals surface area contributed by atoms with Gasteiger partial charge in [0, 0.05) is 37.4 Å². The van der Waals surface area contributed by atoms with E-state index in [1.54, 1.807) is 23.1 Å². The standard InChI is InChI=1S/C22H23FN4O3/c1-14(2)30-20-6-4-15(21(25)28)11-18(20)22(29)27-9-7-26(8-10-27)17-5-3-16(13-24)19(23)12-17/h3-6,11-12,14H,7-10H2,1-2H3,(H2,25,28). The summed E-state index contributed by atoms with van der Waals surface area (Å²) in [6, 6.07) is 10.9. The Kier molecular flexibility index (Phi) is 6.21. The van der Waals surface area contributed by atoms with Crippen molar-refractivity contribution in [1.29, 1.82) is 5.26 Å². The molecule has 0 atom stereocenters. The van der Waals surface area contributed by atoms with Crippen molar-refractivity contribution in [1.82, 2.24) is 4.90 Å². The molecule has 2 aromatic carbocycles. The van der Waals surface area contributed by atoms with Gasteiger partial charge in [0.15, 0.2) is 0 Å². The van der Waals surface area contributed by atoms with Gasteiger partial charge in [0.2, 0.25) is 5.91 Å². The molecule has 156 valence electrons. The molecule has 2 aromatic rings. The van der Waals surface area contributed by atoms with Crippen LogP contribution in [0.1, 0.15) is 40.1 Å². The fraction of sp³-hybridized carbons (Fsp3) is 0.318. The summed E-state index contributed by atoms with van der Waals surface area (Å²) in [4.78, 5) is 28.3. The van der Waals surface area contributed by atoms with Crippen LogP contribution in [0, 0.1) is 17.1 Å². The van der Waals surface area contributed by atoms with Crippen LogP contribution in [0.15, 0.2) is 36.4 Å². The second-order valence-corrected chi connectivity index (χ2v) is 7.30. The number of ether oxygens (including phenoxy) is 1. The highest BCUT2D eigenvalue weighted by Crippen LogP contribution is 2.25. The predicted molar refractivity (Wildman–Crippen MR) is 110 cm³/mol. The van der Waals surface area contributed by atoms with Gasteiger partial charge in [-0.1, -0.05) is 0 Å². The van der Waals surface area contributed by atoms with Crippen LogP contribution in [-0.2, 0) is 0 Å². The van der Waals surface area contributed by atoms with Gasteiger partial charge in [-0.15, -0.1) is 0 Å². The topological polar surface area (TPSA) is 99.7 Å². The van der Waals surface area contributed by atoms with Gasteiger partial charge in [-0.25, -0.2) is 4.39 Å². The minimum absolute atomic E-state index is 0.000390. The van der Waals surface area contributed by atoms with Gasteiger partial charge in [0.1, 0.15) is 17.6 Å². The molecule has 1 saturated heterocycles. The van der Waals surface area contributed by atoms with Crippen LogP contribution < -0.4 is 15.4 Å². The lowest BCUT2D eigenvalue weighted by atomic mass is 10.1. The van der Waals surface area contributed by atoms with Crippen molar-refractivity contribution in [3.63, 3.8) is 0 Å². The summed E-state index contributed by atoms with van der Waals surface area (Å²) in [7, 11) is 0. The second-order valence-electron chi connectivity index (χ2n) is 7.30. The quantitative estimate of drug-likeness (QED) is 0.817. The Balaban J connectivity index is 1.76. The van der Waals surface area contributed by atoms with Crippen molar-refractivity contribution < 1.29 is 18.7 Å². The fourth-order valence-electron chi connectivity index (χ4n) is 3.34. The lowest BCUT2D eigenvalue weighted by molar-refractivity contribution is 0.0740. The zero-order valence-corrected chi connectivity index (χ0v) is 16.9. The molecule has 2 N–H and O–H groups in total. The molecule has 30 heavy (non-hydrogen) atoms. The Morgan fingerprint density at radius 1 is 1.13 bits per heavy atom. The molecule has 1 aliphatic heterocycles. The first-order chi connectivity index (χ1) is 14.3. The summed E-state index contributed by atoms with van der Waals surface area (Å²) in [5, 5.41) is 8.87. The Morgan fingerprint density at radius 2 is 1.83 bits per heavy atom. The molecule has 0 unspecified atom stereocenters. The van der Waals surface area contributed by atoms with Crippen molar-refractivity contribution >= 4 is 17.5 Å². The number of carbonyl (C=O) groups excluding carboxylic acids is 2. The van der Waals surface area contributed by atoms with E-state index in [0.717, 1.165) is 0 Å². The van der Waals surface area contributed by atoms with Crippen LogP contribution in [0.2, 0.25) is 0 Å². The molecule has 8 heteroatoms. The van der Waals surface area contributed by atoms with E-state index in [0.29, 0.717) is 37.6 Å². The first-order valence-corrected chi connectivity index (χ1v) is 9.64. The number of nitrogens with zero attached hydrogens (tertiary/aromatic N) is 3. The highest BCUT2D eigenvalue weighted by molar-refractivity contribution is 6.01. The lowest BCUT2D eigenvalue weighted by Crippen LogP contribution is -2.49. The van der Waals surface area contributed by atoms with Crippen LogP contribution in [0.3, 0.4) is 0 Å². The van der Waals surface area contributed by atoms with E-state index >= 15 is 0 Å². The summed E-state index contributed by atoms with van der Waals surface area (Å²) < 4.78 is 19.7. The highest BCUT2D eigenvalue weighted by Gasteiger charge is 2.26. The number of hydrogen-bond acceptors (Lipinski definition) is 5. The number of piperazine rings is 1. The Bertz CT molecular complexity index is 1010. The van der Waals surface area contributed by atoms with Gasteiger partial charge in [0.25, 0.3) is 5.91 Å². The molecule has 1 aliphatic rings. The third kappa shape index (κ3) is 4.51. The van der Waals surface area contributed by atoms with Gasteiger partial charge in [0.05, 0.1) is 17.2 Å². The highest BCUT2D eigenvalue weighted by atomic mass is 19.1. The van der Waals surface area contributed by atoms with Crippen LogP contribution in [0.4, 0.5) is 10.1 Å². The lowest BCUT2D eigenvalue weighted by Gasteiger charge is -2.36. The fourth-order valence-corrected chi connectivity index (χ4v) is 3.34. The SMILES string of the molecule is CC(C)Oc1ccc(C(N)=O)cc1C(=O)N1CCN(c2ccc(C#N)c(F)c2)CC1. The van der Waals surface area contributed by atoms with Crippen LogP contribution >= 0.6 is 0 Å². The Hall–Kier alpha value is -3.60. The van der Waals surface area contributed by atoms with Crippen LogP contribution in [0.5, 0.6) is 5.75 Å². The molecule has 0 radical (unpaired) electrons. The zero-order chi connectivity index (χ0) is 21.8. The molecule has 0 bridgehead atoms. The van der Waals surface area contributed by atoms with Crippen LogP contribution in [0.25, 0.3) is 0 Å².